The molecule has 0 aliphatic rings. The zero-order valence-electron chi connectivity index (χ0n) is 9.41. The van der Waals surface area contributed by atoms with Gasteiger partial charge < -0.3 is 10.5 Å². The van der Waals surface area contributed by atoms with E-state index in [2.05, 4.69) is 6.58 Å². The maximum atomic E-state index is 5.61. The molecule has 2 N–H and O–H groups in total. The third kappa shape index (κ3) is 4.79. The van der Waals surface area contributed by atoms with Crippen LogP contribution in [0, 0.1) is 0 Å². The molecule has 82 valence electrons. The summed E-state index contributed by atoms with van der Waals surface area (Å²) in [7, 11) is 0. The second-order valence-corrected chi connectivity index (χ2v) is 5.39. The molecule has 0 bridgehead atoms. The second-order valence-electron chi connectivity index (χ2n) is 4.26. The van der Waals surface area contributed by atoms with Gasteiger partial charge in [-0.25, -0.2) is 0 Å². The number of hydrogen-bond donors (Lipinski definition) is 1. The van der Waals surface area contributed by atoms with E-state index in [9.17, 15) is 0 Å². The summed E-state index contributed by atoms with van der Waals surface area (Å²) < 4.78 is 5.61. The average molecular weight is 223 g/mol. The fraction of sp³-hybridized carbons (Fsp3) is 0.333. The van der Waals surface area contributed by atoms with Crippen molar-refractivity contribution in [2.24, 2.45) is 0 Å². The lowest BCUT2D eigenvalue weighted by molar-refractivity contribution is 0.0701. The first-order valence-corrected chi connectivity index (χ1v) is 5.60. The van der Waals surface area contributed by atoms with Crippen molar-refractivity contribution in [1.82, 2.24) is 0 Å². The van der Waals surface area contributed by atoms with Crippen molar-refractivity contribution in [2.75, 3.05) is 5.73 Å². The highest BCUT2D eigenvalue weighted by molar-refractivity contribution is 8.02. The van der Waals surface area contributed by atoms with E-state index in [0.29, 0.717) is 5.09 Å². The Bertz CT molecular complexity index is 338. The molecule has 0 saturated carbocycles. The van der Waals surface area contributed by atoms with Crippen molar-refractivity contribution in [1.29, 1.82) is 0 Å². The highest BCUT2D eigenvalue weighted by Gasteiger charge is 2.12. The van der Waals surface area contributed by atoms with Crippen LogP contribution in [0.25, 0.3) is 0 Å². The Balaban J connectivity index is 2.55. The summed E-state index contributed by atoms with van der Waals surface area (Å²) >= 11 is 1.51. The van der Waals surface area contributed by atoms with Gasteiger partial charge in [-0.05, 0) is 51.6 Å². The maximum absolute atomic E-state index is 5.61. The Morgan fingerprint density at radius 3 is 2.27 bits per heavy atom. The van der Waals surface area contributed by atoms with E-state index in [1.165, 1.54) is 11.8 Å². The van der Waals surface area contributed by atoms with Crippen molar-refractivity contribution < 1.29 is 4.74 Å². The first kappa shape index (κ1) is 12.0. The van der Waals surface area contributed by atoms with Gasteiger partial charge in [-0.15, -0.1) is 0 Å². The Hall–Kier alpha value is -1.09. The van der Waals surface area contributed by atoms with E-state index in [-0.39, 0.29) is 5.60 Å². The number of nitrogens with two attached hydrogens (primary N) is 1. The summed E-state index contributed by atoms with van der Waals surface area (Å²) in [5.41, 5.74) is 6.17. The standard InChI is InChI=1S/C12H17NOS/c1-9(14-12(2,3)4)15-11-7-5-10(13)6-8-11/h5-8H,1,13H2,2-4H3. The average Bonchev–Trinajstić information content (AvgIpc) is 2.05. The van der Waals surface area contributed by atoms with E-state index in [1.54, 1.807) is 0 Å². The Morgan fingerprint density at radius 1 is 1.27 bits per heavy atom. The smallest absolute Gasteiger partial charge is 0.151 e. The first-order valence-electron chi connectivity index (χ1n) is 4.78. The predicted octanol–water partition coefficient (Wildman–Crippen LogP) is 3.65. The molecule has 0 unspecified atom stereocenters. The van der Waals surface area contributed by atoms with Crippen molar-refractivity contribution in [3.8, 4) is 0 Å². The van der Waals surface area contributed by atoms with Gasteiger partial charge in [-0.1, -0.05) is 11.8 Å². The van der Waals surface area contributed by atoms with E-state index >= 15 is 0 Å². The molecule has 0 aliphatic heterocycles. The molecule has 1 aromatic rings. The molecular weight excluding hydrogens is 206 g/mol. The van der Waals surface area contributed by atoms with Gasteiger partial charge >= 0.3 is 0 Å². The number of rotatable bonds is 3. The van der Waals surface area contributed by atoms with Crippen LogP contribution < -0.4 is 5.73 Å². The second kappa shape index (κ2) is 4.62. The molecule has 1 aromatic carbocycles. The van der Waals surface area contributed by atoms with Crippen LogP contribution in [0.15, 0.2) is 40.8 Å². The number of thioether (sulfide) groups is 1. The van der Waals surface area contributed by atoms with Crippen LogP contribution in [0.3, 0.4) is 0 Å². The van der Waals surface area contributed by atoms with Crippen LogP contribution in [-0.4, -0.2) is 5.60 Å². The molecule has 3 heteroatoms. The van der Waals surface area contributed by atoms with Crippen LogP contribution >= 0.6 is 11.8 Å². The molecule has 0 heterocycles. The van der Waals surface area contributed by atoms with E-state index in [1.807, 2.05) is 45.0 Å². The zero-order valence-corrected chi connectivity index (χ0v) is 10.2. The number of hydrogen-bond acceptors (Lipinski definition) is 3. The molecule has 0 amide bonds. The summed E-state index contributed by atoms with van der Waals surface area (Å²) in [6, 6.07) is 7.65. The molecule has 1 rings (SSSR count). The van der Waals surface area contributed by atoms with Crippen LogP contribution in [0.2, 0.25) is 0 Å². The van der Waals surface area contributed by atoms with Crippen molar-refractivity contribution in [3.05, 3.63) is 35.9 Å². The fourth-order valence-corrected chi connectivity index (χ4v) is 1.86. The van der Waals surface area contributed by atoms with Gasteiger partial charge in [-0.3, -0.25) is 0 Å². The normalized spacial score (nSPS) is 11.1. The van der Waals surface area contributed by atoms with Gasteiger partial charge in [0.2, 0.25) is 0 Å². The topological polar surface area (TPSA) is 35.2 Å². The third-order valence-corrected chi connectivity index (χ3v) is 2.35. The number of nitrogen functional groups attached to an aromatic ring is 1. The third-order valence-electron chi connectivity index (χ3n) is 1.53. The van der Waals surface area contributed by atoms with Gasteiger partial charge in [-0.2, -0.15) is 0 Å². The van der Waals surface area contributed by atoms with Gasteiger partial charge in [0.15, 0.2) is 5.09 Å². The van der Waals surface area contributed by atoms with E-state index in [4.69, 9.17) is 10.5 Å². The van der Waals surface area contributed by atoms with Crippen LogP contribution in [0.5, 0.6) is 0 Å². The summed E-state index contributed by atoms with van der Waals surface area (Å²) in [5, 5.41) is 0.701. The molecule has 0 aromatic heterocycles. The number of ether oxygens (including phenoxy) is 1. The van der Waals surface area contributed by atoms with Gasteiger partial charge in [0.05, 0.1) is 0 Å². The minimum atomic E-state index is -0.197. The molecule has 0 aliphatic carbocycles. The van der Waals surface area contributed by atoms with Crippen molar-refractivity contribution in [2.45, 2.75) is 31.3 Å². The van der Waals surface area contributed by atoms with Crippen molar-refractivity contribution >= 4 is 17.4 Å². The monoisotopic (exact) mass is 223 g/mol. The van der Waals surface area contributed by atoms with Crippen LogP contribution in [0.1, 0.15) is 20.8 Å². The van der Waals surface area contributed by atoms with Crippen LogP contribution in [0.4, 0.5) is 5.69 Å². The number of anilines is 1. The number of benzene rings is 1. The highest BCUT2D eigenvalue weighted by Crippen LogP contribution is 2.29. The summed E-state index contributed by atoms with van der Waals surface area (Å²) in [6.45, 7) is 9.87. The minimum Gasteiger partial charge on any atom is -0.482 e. The molecular formula is C12H17NOS. The zero-order chi connectivity index (χ0) is 11.5. The molecule has 0 radical (unpaired) electrons. The SMILES string of the molecule is C=C(OC(C)(C)C)Sc1ccc(N)cc1. The molecule has 2 nitrogen and oxygen atoms in total. The lowest BCUT2D eigenvalue weighted by Gasteiger charge is -2.22. The minimum absolute atomic E-state index is 0.197. The molecule has 15 heavy (non-hydrogen) atoms. The molecule has 0 spiro atoms. The molecule has 0 fully saturated rings. The van der Waals surface area contributed by atoms with Crippen molar-refractivity contribution in [3.63, 3.8) is 0 Å². The predicted molar refractivity (Wildman–Crippen MR) is 66.7 cm³/mol. The lowest BCUT2D eigenvalue weighted by Crippen LogP contribution is -2.17. The Morgan fingerprint density at radius 2 is 1.80 bits per heavy atom. The van der Waals surface area contributed by atoms with Gasteiger partial charge in [0.1, 0.15) is 5.60 Å². The first-order chi connectivity index (χ1) is 6.87. The highest BCUT2D eigenvalue weighted by atomic mass is 32.2. The lowest BCUT2D eigenvalue weighted by atomic mass is 10.2. The van der Waals surface area contributed by atoms with Crippen LogP contribution in [-0.2, 0) is 4.74 Å². The largest absolute Gasteiger partial charge is 0.482 e. The maximum Gasteiger partial charge on any atom is 0.151 e. The summed E-state index contributed by atoms with van der Waals surface area (Å²) in [5.74, 6) is 0. The quantitative estimate of drug-likeness (QED) is 0.482. The summed E-state index contributed by atoms with van der Waals surface area (Å²) in [6.07, 6.45) is 0. The Labute approximate surface area is 95.5 Å². The van der Waals surface area contributed by atoms with E-state index in [0.717, 1.165) is 10.6 Å². The molecule has 0 atom stereocenters. The fourth-order valence-electron chi connectivity index (χ4n) is 1.03. The Kier molecular flexibility index (Phi) is 3.69. The van der Waals surface area contributed by atoms with Gasteiger partial charge in [0, 0.05) is 10.6 Å². The van der Waals surface area contributed by atoms with Gasteiger partial charge in [0.25, 0.3) is 0 Å². The summed E-state index contributed by atoms with van der Waals surface area (Å²) in [4.78, 5) is 1.08. The van der Waals surface area contributed by atoms with E-state index < -0.39 is 0 Å². The molecule has 0 saturated heterocycles.